The van der Waals surface area contributed by atoms with Crippen LogP contribution in [0.15, 0.2) is 60.7 Å². The van der Waals surface area contributed by atoms with E-state index < -0.39 is 17.3 Å². The molecule has 4 heteroatoms. The molecule has 2 aromatic rings. The summed E-state index contributed by atoms with van der Waals surface area (Å²) in [5.74, 6) is 0. The second-order valence-corrected chi connectivity index (χ2v) is 5.78. The highest BCUT2D eigenvalue weighted by Gasteiger charge is 2.33. The second-order valence-electron chi connectivity index (χ2n) is 5.78. The summed E-state index contributed by atoms with van der Waals surface area (Å²) < 4.78 is 39.0. The first-order valence-corrected chi connectivity index (χ1v) is 7.99. The van der Waals surface area contributed by atoms with Crippen molar-refractivity contribution in [1.29, 1.82) is 0 Å². The van der Waals surface area contributed by atoms with Gasteiger partial charge in [0.2, 0.25) is 0 Å². The van der Waals surface area contributed by atoms with Crippen LogP contribution in [0.5, 0.6) is 0 Å². The van der Waals surface area contributed by atoms with Crippen molar-refractivity contribution in [2.24, 2.45) is 0 Å². The van der Waals surface area contributed by atoms with E-state index in [0.717, 1.165) is 11.6 Å². The quantitative estimate of drug-likeness (QED) is 0.722. The van der Waals surface area contributed by atoms with Gasteiger partial charge in [0.15, 0.2) is 0 Å². The Morgan fingerprint density at radius 3 is 2.21 bits per heavy atom. The van der Waals surface area contributed by atoms with Crippen LogP contribution in [-0.2, 0) is 11.7 Å². The highest BCUT2D eigenvalue weighted by Crippen LogP contribution is 2.35. The summed E-state index contributed by atoms with van der Waals surface area (Å²) in [6.45, 7) is 1.98. The Morgan fingerprint density at radius 2 is 1.62 bits per heavy atom. The standard InChI is InChI=1S/C20H22F3N/c1-3-19(24-2,14-8-11-16-9-5-4-6-10-16)17-12-7-13-18(15-17)20(21,22)23/h4-13,15,24H,3,14H2,1-2H3. The van der Waals surface area contributed by atoms with Crippen molar-refractivity contribution in [2.45, 2.75) is 31.5 Å². The van der Waals surface area contributed by atoms with Gasteiger partial charge in [-0.25, -0.2) is 0 Å². The Morgan fingerprint density at radius 1 is 0.958 bits per heavy atom. The molecular formula is C20H22F3N. The van der Waals surface area contributed by atoms with Gasteiger partial charge in [0.25, 0.3) is 0 Å². The summed E-state index contributed by atoms with van der Waals surface area (Å²) in [7, 11) is 1.79. The first kappa shape index (κ1) is 18.3. The van der Waals surface area contributed by atoms with Crippen molar-refractivity contribution in [3.05, 3.63) is 77.4 Å². The summed E-state index contributed by atoms with van der Waals surface area (Å²) in [5, 5.41) is 3.23. The van der Waals surface area contributed by atoms with Gasteiger partial charge in [0, 0.05) is 5.54 Å². The van der Waals surface area contributed by atoms with E-state index in [1.807, 2.05) is 49.4 Å². The van der Waals surface area contributed by atoms with Crippen LogP contribution in [0.4, 0.5) is 13.2 Å². The van der Waals surface area contributed by atoms with Gasteiger partial charge in [-0.05, 0) is 43.1 Å². The van der Waals surface area contributed by atoms with Gasteiger partial charge in [0.1, 0.15) is 0 Å². The molecule has 0 heterocycles. The van der Waals surface area contributed by atoms with Gasteiger partial charge < -0.3 is 5.32 Å². The number of hydrogen-bond acceptors (Lipinski definition) is 1. The molecule has 0 spiro atoms. The number of nitrogens with one attached hydrogen (secondary N) is 1. The molecule has 0 radical (unpaired) electrons. The summed E-state index contributed by atoms with van der Waals surface area (Å²) >= 11 is 0. The van der Waals surface area contributed by atoms with E-state index in [2.05, 4.69) is 5.32 Å². The van der Waals surface area contributed by atoms with Gasteiger partial charge >= 0.3 is 6.18 Å². The Kier molecular flexibility index (Phi) is 5.84. The van der Waals surface area contributed by atoms with Crippen LogP contribution >= 0.6 is 0 Å². The minimum Gasteiger partial charge on any atom is -0.310 e. The molecule has 0 fully saturated rings. The zero-order valence-electron chi connectivity index (χ0n) is 13.9. The first-order valence-electron chi connectivity index (χ1n) is 7.99. The SMILES string of the molecule is CCC(CC=Cc1ccccc1)(NC)c1cccc(C(F)(F)F)c1. The average Bonchev–Trinajstić information content (AvgIpc) is 2.59. The van der Waals surface area contributed by atoms with Crippen LogP contribution in [-0.4, -0.2) is 7.05 Å². The molecule has 0 bridgehead atoms. The number of hydrogen-bond donors (Lipinski definition) is 1. The van der Waals surface area contributed by atoms with Crippen LogP contribution in [0, 0.1) is 0 Å². The predicted molar refractivity (Wildman–Crippen MR) is 92.6 cm³/mol. The average molecular weight is 333 g/mol. The third-order valence-electron chi connectivity index (χ3n) is 4.40. The summed E-state index contributed by atoms with van der Waals surface area (Å²) in [6, 6.07) is 15.4. The monoisotopic (exact) mass is 333 g/mol. The van der Waals surface area contributed by atoms with Crippen LogP contribution < -0.4 is 5.32 Å². The molecule has 0 saturated heterocycles. The van der Waals surface area contributed by atoms with Gasteiger partial charge in [-0.1, -0.05) is 61.5 Å². The third-order valence-corrected chi connectivity index (χ3v) is 4.40. The molecule has 1 atom stereocenters. The van der Waals surface area contributed by atoms with Crippen molar-refractivity contribution in [1.82, 2.24) is 5.32 Å². The molecule has 0 aliphatic rings. The molecular weight excluding hydrogens is 311 g/mol. The molecule has 1 nitrogen and oxygen atoms in total. The first-order chi connectivity index (χ1) is 11.4. The summed E-state index contributed by atoms with van der Waals surface area (Å²) in [6.07, 6.45) is 0.966. The van der Waals surface area contributed by atoms with Crippen molar-refractivity contribution in [2.75, 3.05) is 7.05 Å². The maximum atomic E-state index is 13.0. The van der Waals surface area contributed by atoms with Gasteiger partial charge in [0.05, 0.1) is 5.56 Å². The minimum absolute atomic E-state index is 0.521. The molecule has 0 aliphatic carbocycles. The second kappa shape index (κ2) is 7.67. The molecule has 0 amide bonds. The van der Waals surface area contributed by atoms with E-state index in [0.29, 0.717) is 18.4 Å². The minimum atomic E-state index is -4.33. The molecule has 24 heavy (non-hydrogen) atoms. The molecule has 2 aromatic carbocycles. The largest absolute Gasteiger partial charge is 0.416 e. The lowest BCUT2D eigenvalue weighted by Gasteiger charge is -2.33. The van der Waals surface area contributed by atoms with Crippen molar-refractivity contribution >= 4 is 6.08 Å². The number of alkyl halides is 3. The van der Waals surface area contributed by atoms with Crippen molar-refractivity contribution in [3.8, 4) is 0 Å². The van der Waals surface area contributed by atoms with Crippen LogP contribution in [0.2, 0.25) is 0 Å². The maximum Gasteiger partial charge on any atom is 0.416 e. The smallest absolute Gasteiger partial charge is 0.310 e. The summed E-state index contributed by atoms with van der Waals surface area (Å²) in [4.78, 5) is 0. The lowest BCUT2D eigenvalue weighted by Crippen LogP contribution is -2.39. The summed E-state index contributed by atoms with van der Waals surface area (Å²) in [5.41, 5.74) is 0.592. The Labute approximate surface area is 141 Å². The van der Waals surface area contributed by atoms with Crippen LogP contribution in [0.3, 0.4) is 0 Å². The molecule has 2 rings (SSSR count). The fraction of sp³-hybridized carbons (Fsp3) is 0.300. The lowest BCUT2D eigenvalue weighted by molar-refractivity contribution is -0.137. The van der Waals surface area contributed by atoms with Gasteiger partial charge in [-0.3, -0.25) is 0 Å². The third kappa shape index (κ3) is 4.26. The van der Waals surface area contributed by atoms with E-state index in [-0.39, 0.29) is 0 Å². The lowest BCUT2D eigenvalue weighted by atomic mass is 9.83. The fourth-order valence-electron chi connectivity index (χ4n) is 2.84. The number of rotatable bonds is 6. The molecule has 128 valence electrons. The zero-order chi connectivity index (χ0) is 17.6. The Hall–Kier alpha value is -2.07. The molecule has 1 N–H and O–H groups in total. The van der Waals surface area contributed by atoms with Crippen molar-refractivity contribution < 1.29 is 13.2 Å². The zero-order valence-corrected chi connectivity index (χ0v) is 13.9. The van der Waals surface area contributed by atoms with E-state index >= 15 is 0 Å². The van der Waals surface area contributed by atoms with E-state index in [9.17, 15) is 13.2 Å². The van der Waals surface area contributed by atoms with Crippen LogP contribution in [0.25, 0.3) is 6.08 Å². The van der Waals surface area contributed by atoms with E-state index in [4.69, 9.17) is 0 Å². The molecule has 0 saturated carbocycles. The number of benzene rings is 2. The Balaban J connectivity index is 2.29. The fourth-order valence-corrected chi connectivity index (χ4v) is 2.84. The van der Waals surface area contributed by atoms with E-state index in [1.165, 1.54) is 12.1 Å². The van der Waals surface area contributed by atoms with Crippen LogP contribution in [0.1, 0.15) is 36.5 Å². The van der Waals surface area contributed by atoms with E-state index in [1.54, 1.807) is 13.1 Å². The highest BCUT2D eigenvalue weighted by atomic mass is 19.4. The molecule has 0 aliphatic heterocycles. The maximum absolute atomic E-state index is 13.0. The molecule has 0 aromatic heterocycles. The normalized spacial score (nSPS) is 14.7. The van der Waals surface area contributed by atoms with Crippen molar-refractivity contribution in [3.63, 3.8) is 0 Å². The number of halogens is 3. The van der Waals surface area contributed by atoms with Gasteiger partial charge in [-0.15, -0.1) is 0 Å². The molecule has 1 unspecified atom stereocenters. The van der Waals surface area contributed by atoms with Gasteiger partial charge in [-0.2, -0.15) is 13.2 Å². The topological polar surface area (TPSA) is 12.0 Å². The predicted octanol–water partition coefficient (Wildman–Crippen LogP) is 5.63. The highest BCUT2D eigenvalue weighted by molar-refractivity contribution is 5.49. The Bertz CT molecular complexity index is 671.